The van der Waals surface area contributed by atoms with Gasteiger partial charge in [-0.2, -0.15) is 5.10 Å². The third-order valence-corrected chi connectivity index (χ3v) is 4.43. The van der Waals surface area contributed by atoms with Crippen molar-refractivity contribution in [2.75, 3.05) is 0 Å². The number of hydrogen-bond acceptors (Lipinski definition) is 5. The van der Waals surface area contributed by atoms with E-state index in [1.807, 2.05) is 41.8 Å². The molecule has 0 atom stereocenters. The second kappa shape index (κ2) is 5.36. The molecule has 4 rings (SSSR count). The average Bonchev–Trinajstić information content (AvgIpc) is 3.21. The fourth-order valence-electron chi connectivity index (χ4n) is 2.51. The van der Waals surface area contributed by atoms with Crippen LogP contribution in [0.1, 0.15) is 16.1 Å². The summed E-state index contributed by atoms with van der Waals surface area (Å²) in [5.41, 5.74) is 1.48. The number of fused-ring (bicyclic) bond motifs is 3. The summed E-state index contributed by atoms with van der Waals surface area (Å²) in [7, 11) is 0. The van der Waals surface area contributed by atoms with E-state index in [-0.39, 0.29) is 12.3 Å². The van der Waals surface area contributed by atoms with Crippen molar-refractivity contribution in [2.45, 2.75) is 6.61 Å². The maximum atomic E-state index is 11.7. The Balaban J connectivity index is 1.90. The van der Waals surface area contributed by atoms with E-state index in [0.29, 0.717) is 11.4 Å². The lowest BCUT2D eigenvalue weighted by molar-refractivity contribution is 0.0682. The standard InChI is InChI=1S/C16H11N3O3S/c20-16(21)12-13(22-8-10-4-2-1-3-5-10)11-6-7-23-14(11)15-17-9-18-19(12)15/h1-7,9H,8H2,(H,20,21). The van der Waals surface area contributed by atoms with Gasteiger partial charge in [0, 0.05) is 5.39 Å². The van der Waals surface area contributed by atoms with Gasteiger partial charge < -0.3 is 9.84 Å². The van der Waals surface area contributed by atoms with E-state index in [2.05, 4.69) is 10.1 Å². The van der Waals surface area contributed by atoms with E-state index in [9.17, 15) is 9.90 Å². The highest BCUT2D eigenvalue weighted by molar-refractivity contribution is 7.18. The second-order valence-electron chi connectivity index (χ2n) is 4.92. The number of benzene rings is 1. The zero-order valence-corrected chi connectivity index (χ0v) is 12.7. The number of hydrogen-bond donors (Lipinski definition) is 1. The molecule has 1 N–H and O–H groups in total. The first-order valence-corrected chi connectivity index (χ1v) is 7.76. The molecular weight excluding hydrogens is 314 g/mol. The molecule has 1 aromatic carbocycles. The van der Waals surface area contributed by atoms with E-state index in [1.165, 1.54) is 22.2 Å². The molecular formula is C16H11N3O3S. The monoisotopic (exact) mass is 325 g/mol. The van der Waals surface area contributed by atoms with Crippen LogP contribution in [0.4, 0.5) is 0 Å². The number of carboxylic acid groups (broad SMARTS) is 1. The number of carbonyl (C=O) groups is 1. The Kier molecular flexibility index (Phi) is 3.20. The predicted molar refractivity (Wildman–Crippen MR) is 86.1 cm³/mol. The van der Waals surface area contributed by atoms with Crippen molar-refractivity contribution in [3.63, 3.8) is 0 Å². The van der Waals surface area contributed by atoms with Crippen LogP contribution in [0, 0.1) is 0 Å². The molecule has 3 heterocycles. The van der Waals surface area contributed by atoms with Crippen LogP contribution in [0.2, 0.25) is 0 Å². The molecule has 0 fully saturated rings. The molecule has 0 aliphatic heterocycles. The van der Waals surface area contributed by atoms with Gasteiger partial charge >= 0.3 is 5.97 Å². The zero-order chi connectivity index (χ0) is 15.8. The van der Waals surface area contributed by atoms with Gasteiger partial charge in [-0.1, -0.05) is 30.3 Å². The number of nitrogens with zero attached hydrogens (tertiary/aromatic N) is 3. The van der Waals surface area contributed by atoms with Gasteiger partial charge in [-0.15, -0.1) is 11.3 Å². The summed E-state index contributed by atoms with van der Waals surface area (Å²) >= 11 is 1.48. The molecule has 114 valence electrons. The largest absolute Gasteiger partial charge is 0.486 e. The maximum absolute atomic E-state index is 11.7. The Hall–Kier alpha value is -2.93. The normalized spacial score (nSPS) is 11.1. The first-order chi connectivity index (χ1) is 11.3. The third-order valence-electron chi connectivity index (χ3n) is 3.52. The average molecular weight is 325 g/mol. The van der Waals surface area contributed by atoms with Gasteiger partial charge in [-0.3, -0.25) is 0 Å². The van der Waals surface area contributed by atoms with Gasteiger partial charge in [0.2, 0.25) is 0 Å². The highest BCUT2D eigenvalue weighted by atomic mass is 32.1. The fraction of sp³-hybridized carbons (Fsp3) is 0.0625. The first-order valence-electron chi connectivity index (χ1n) is 6.88. The topological polar surface area (TPSA) is 76.7 Å². The molecule has 6 nitrogen and oxygen atoms in total. The SMILES string of the molecule is O=C(O)c1c(OCc2ccccc2)c2ccsc2c2ncnn12. The molecule has 0 saturated carbocycles. The van der Waals surface area contributed by atoms with Gasteiger partial charge in [0.15, 0.2) is 17.1 Å². The number of rotatable bonds is 4. The number of aromatic nitrogens is 3. The quantitative estimate of drug-likeness (QED) is 0.623. The Bertz CT molecular complexity index is 1010. The lowest BCUT2D eigenvalue weighted by Crippen LogP contribution is -2.11. The van der Waals surface area contributed by atoms with Crippen LogP contribution in [0.5, 0.6) is 5.75 Å². The van der Waals surface area contributed by atoms with Gasteiger partial charge in [-0.25, -0.2) is 14.3 Å². The maximum Gasteiger partial charge on any atom is 0.358 e. The highest BCUT2D eigenvalue weighted by Crippen LogP contribution is 2.36. The third kappa shape index (κ3) is 2.22. The van der Waals surface area contributed by atoms with E-state index in [4.69, 9.17) is 4.74 Å². The number of ether oxygens (including phenoxy) is 1. The van der Waals surface area contributed by atoms with Crippen LogP contribution < -0.4 is 4.74 Å². The molecule has 0 amide bonds. The molecule has 0 aliphatic carbocycles. The first kappa shape index (κ1) is 13.7. The molecule has 0 unspecified atom stereocenters. The molecule has 4 aromatic rings. The van der Waals surface area contributed by atoms with Crippen molar-refractivity contribution in [1.29, 1.82) is 0 Å². The van der Waals surface area contributed by atoms with Crippen LogP contribution in [-0.4, -0.2) is 25.7 Å². The molecule has 23 heavy (non-hydrogen) atoms. The molecule has 3 aromatic heterocycles. The van der Waals surface area contributed by atoms with Crippen molar-refractivity contribution < 1.29 is 14.6 Å². The van der Waals surface area contributed by atoms with Crippen molar-refractivity contribution in [3.8, 4) is 5.75 Å². The van der Waals surface area contributed by atoms with Crippen molar-refractivity contribution in [3.05, 3.63) is 59.4 Å². The van der Waals surface area contributed by atoms with Gasteiger partial charge in [0.25, 0.3) is 0 Å². The Morgan fingerprint density at radius 2 is 2.09 bits per heavy atom. The summed E-state index contributed by atoms with van der Waals surface area (Å²) in [5, 5.41) is 16.3. The Morgan fingerprint density at radius 1 is 1.26 bits per heavy atom. The van der Waals surface area contributed by atoms with Gasteiger partial charge in [-0.05, 0) is 17.0 Å². The number of thiophene rings is 1. The smallest absolute Gasteiger partial charge is 0.358 e. The van der Waals surface area contributed by atoms with E-state index in [0.717, 1.165) is 15.6 Å². The minimum atomic E-state index is -1.10. The van der Waals surface area contributed by atoms with Crippen LogP contribution in [0.15, 0.2) is 48.1 Å². The fourth-order valence-corrected chi connectivity index (χ4v) is 3.38. The zero-order valence-electron chi connectivity index (χ0n) is 11.8. The summed E-state index contributed by atoms with van der Waals surface area (Å²) in [6.07, 6.45) is 1.35. The predicted octanol–water partition coefficient (Wildman–Crippen LogP) is 3.22. The van der Waals surface area contributed by atoms with Crippen LogP contribution in [-0.2, 0) is 6.61 Å². The van der Waals surface area contributed by atoms with Crippen molar-refractivity contribution in [2.24, 2.45) is 0 Å². The number of pyridine rings is 1. The minimum Gasteiger partial charge on any atom is -0.486 e. The summed E-state index contributed by atoms with van der Waals surface area (Å²) < 4.78 is 8.05. The summed E-state index contributed by atoms with van der Waals surface area (Å²) in [6.45, 7) is 0.284. The van der Waals surface area contributed by atoms with Gasteiger partial charge in [0.1, 0.15) is 12.9 Å². The second-order valence-corrected chi connectivity index (χ2v) is 5.83. The highest BCUT2D eigenvalue weighted by Gasteiger charge is 2.23. The molecule has 0 saturated heterocycles. The summed E-state index contributed by atoms with van der Waals surface area (Å²) in [4.78, 5) is 15.9. The molecule has 0 bridgehead atoms. The minimum absolute atomic E-state index is 0.0145. The van der Waals surface area contributed by atoms with Crippen LogP contribution in [0.25, 0.3) is 15.7 Å². The van der Waals surface area contributed by atoms with Gasteiger partial charge in [0.05, 0.1) is 4.70 Å². The molecule has 0 spiro atoms. The molecule has 0 aliphatic rings. The van der Waals surface area contributed by atoms with E-state index >= 15 is 0 Å². The van der Waals surface area contributed by atoms with Crippen LogP contribution >= 0.6 is 11.3 Å². The van der Waals surface area contributed by atoms with Crippen molar-refractivity contribution in [1.82, 2.24) is 14.6 Å². The van der Waals surface area contributed by atoms with E-state index < -0.39 is 5.97 Å². The van der Waals surface area contributed by atoms with E-state index in [1.54, 1.807) is 0 Å². The van der Waals surface area contributed by atoms with Crippen molar-refractivity contribution >= 4 is 33.0 Å². The van der Waals surface area contributed by atoms with Crippen LogP contribution in [0.3, 0.4) is 0 Å². The Morgan fingerprint density at radius 3 is 2.87 bits per heavy atom. The molecule has 0 radical (unpaired) electrons. The number of aromatic carboxylic acids is 1. The number of carboxylic acids is 1. The Labute approximate surface area is 134 Å². The summed E-state index contributed by atoms with van der Waals surface area (Å²) in [5.74, 6) is -0.785. The molecule has 7 heteroatoms. The summed E-state index contributed by atoms with van der Waals surface area (Å²) in [6, 6.07) is 11.5. The lowest BCUT2D eigenvalue weighted by Gasteiger charge is -2.12. The lowest BCUT2D eigenvalue weighted by atomic mass is 10.2.